The third-order valence-electron chi connectivity index (χ3n) is 6.73. The number of carbonyl (C=O) groups is 1. The van der Waals surface area contributed by atoms with E-state index in [4.69, 9.17) is 0 Å². The molecule has 3 fully saturated rings. The van der Waals surface area contributed by atoms with Crippen molar-refractivity contribution in [1.29, 1.82) is 0 Å². The van der Waals surface area contributed by atoms with Crippen LogP contribution in [-0.2, 0) is 4.79 Å². The molecule has 0 spiro atoms. The second-order valence-electron chi connectivity index (χ2n) is 9.79. The first kappa shape index (κ1) is 23.3. The summed E-state index contributed by atoms with van der Waals surface area (Å²) in [6.45, 7) is 15.5. The van der Waals surface area contributed by atoms with Crippen molar-refractivity contribution in [2.45, 2.75) is 46.0 Å². The van der Waals surface area contributed by atoms with Gasteiger partial charge in [0.1, 0.15) is 0 Å². The van der Waals surface area contributed by atoms with Crippen molar-refractivity contribution in [3.05, 3.63) is 0 Å². The molecule has 0 aromatic heterocycles. The quantitative estimate of drug-likeness (QED) is 0.522. The highest BCUT2D eigenvalue weighted by Crippen LogP contribution is 2.17. The Morgan fingerprint density at radius 2 is 1.67 bits per heavy atom. The average Bonchev–Trinajstić information content (AvgIpc) is 2.75. The monoisotopic (exact) mass is 420 g/mol. The van der Waals surface area contributed by atoms with Gasteiger partial charge in [0.25, 0.3) is 0 Å². The molecule has 7 heteroatoms. The standard InChI is InChI=1S/C23H44N6O/c1-20(2)17-27-9-7-8-21(18-27)16-25-23(24-3)29-14-12-26(13-15-29)19-22(30)28-10-5-4-6-11-28/h20-21H,4-19H2,1-3H3,(H,24,25). The van der Waals surface area contributed by atoms with Gasteiger partial charge in [0.05, 0.1) is 6.54 Å². The maximum atomic E-state index is 12.5. The predicted molar refractivity (Wildman–Crippen MR) is 124 cm³/mol. The van der Waals surface area contributed by atoms with Gasteiger partial charge in [-0.3, -0.25) is 14.7 Å². The molecule has 172 valence electrons. The Balaban J connectivity index is 1.38. The van der Waals surface area contributed by atoms with Crippen LogP contribution < -0.4 is 5.32 Å². The zero-order valence-electron chi connectivity index (χ0n) is 19.6. The molecule has 1 amide bonds. The van der Waals surface area contributed by atoms with Gasteiger partial charge in [0.15, 0.2) is 5.96 Å². The van der Waals surface area contributed by atoms with Crippen LogP contribution in [0.2, 0.25) is 0 Å². The largest absolute Gasteiger partial charge is 0.356 e. The van der Waals surface area contributed by atoms with Crippen molar-refractivity contribution in [2.75, 3.05) is 79.0 Å². The van der Waals surface area contributed by atoms with Crippen molar-refractivity contribution in [3.8, 4) is 0 Å². The van der Waals surface area contributed by atoms with Gasteiger partial charge >= 0.3 is 0 Å². The summed E-state index contributed by atoms with van der Waals surface area (Å²) in [5.74, 6) is 2.78. The van der Waals surface area contributed by atoms with Crippen LogP contribution in [0.3, 0.4) is 0 Å². The van der Waals surface area contributed by atoms with Crippen LogP contribution in [0.15, 0.2) is 4.99 Å². The number of hydrogen-bond donors (Lipinski definition) is 1. The van der Waals surface area contributed by atoms with E-state index in [1.807, 2.05) is 7.05 Å². The van der Waals surface area contributed by atoms with E-state index in [9.17, 15) is 4.79 Å². The molecule has 0 saturated carbocycles. The Labute approximate surface area is 183 Å². The molecule has 30 heavy (non-hydrogen) atoms. The van der Waals surface area contributed by atoms with Crippen molar-refractivity contribution in [1.82, 2.24) is 24.9 Å². The summed E-state index contributed by atoms with van der Waals surface area (Å²) in [5.41, 5.74) is 0. The van der Waals surface area contributed by atoms with Gasteiger partial charge < -0.3 is 20.0 Å². The predicted octanol–water partition coefficient (Wildman–Crippen LogP) is 1.56. The van der Waals surface area contributed by atoms with Gasteiger partial charge in [-0.05, 0) is 50.5 Å². The maximum Gasteiger partial charge on any atom is 0.236 e. The van der Waals surface area contributed by atoms with Crippen LogP contribution in [0, 0.1) is 11.8 Å². The number of piperazine rings is 1. The maximum absolute atomic E-state index is 12.5. The summed E-state index contributed by atoms with van der Waals surface area (Å²) in [5, 5.41) is 3.65. The number of amides is 1. The third kappa shape index (κ3) is 7.12. The second kappa shape index (κ2) is 11.9. The molecule has 1 atom stereocenters. The first-order chi connectivity index (χ1) is 14.5. The molecule has 0 aromatic carbocycles. The Bertz CT molecular complexity index is 552. The Hall–Kier alpha value is -1.34. The summed E-state index contributed by atoms with van der Waals surface area (Å²) >= 11 is 0. The third-order valence-corrected chi connectivity index (χ3v) is 6.73. The van der Waals surface area contributed by atoms with E-state index >= 15 is 0 Å². The summed E-state index contributed by atoms with van der Waals surface area (Å²) in [7, 11) is 1.89. The van der Waals surface area contributed by atoms with Crippen molar-refractivity contribution >= 4 is 11.9 Å². The number of nitrogens with one attached hydrogen (secondary N) is 1. The SMILES string of the molecule is CN=C(NCC1CCCN(CC(C)C)C1)N1CCN(CC(=O)N2CCCCC2)CC1. The number of hydrogen-bond acceptors (Lipinski definition) is 4. The van der Waals surface area contributed by atoms with Crippen LogP contribution in [0.5, 0.6) is 0 Å². The number of piperidine rings is 2. The van der Waals surface area contributed by atoms with E-state index in [1.54, 1.807) is 0 Å². The molecular formula is C23H44N6O. The Morgan fingerprint density at radius 1 is 0.933 bits per heavy atom. The fourth-order valence-corrected chi connectivity index (χ4v) is 5.12. The molecule has 3 rings (SSSR count). The topological polar surface area (TPSA) is 54.4 Å². The lowest BCUT2D eigenvalue weighted by atomic mass is 9.97. The summed E-state index contributed by atoms with van der Waals surface area (Å²) in [4.78, 5) is 26.4. The van der Waals surface area contributed by atoms with E-state index in [-0.39, 0.29) is 0 Å². The number of nitrogens with zero attached hydrogens (tertiary/aromatic N) is 5. The zero-order valence-corrected chi connectivity index (χ0v) is 19.6. The minimum Gasteiger partial charge on any atom is -0.356 e. The molecule has 3 aliphatic heterocycles. The van der Waals surface area contributed by atoms with E-state index in [1.165, 1.54) is 38.9 Å². The van der Waals surface area contributed by atoms with E-state index < -0.39 is 0 Å². The van der Waals surface area contributed by atoms with Gasteiger partial charge in [-0.1, -0.05) is 13.8 Å². The molecule has 3 heterocycles. The smallest absolute Gasteiger partial charge is 0.236 e. The minimum atomic E-state index is 0.314. The molecular weight excluding hydrogens is 376 g/mol. The lowest BCUT2D eigenvalue weighted by Crippen LogP contribution is -2.55. The van der Waals surface area contributed by atoms with Crippen LogP contribution in [0.4, 0.5) is 0 Å². The van der Waals surface area contributed by atoms with Crippen molar-refractivity contribution < 1.29 is 4.79 Å². The highest BCUT2D eigenvalue weighted by Gasteiger charge is 2.25. The number of guanidine groups is 1. The molecule has 0 aromatic rings. The van der Waals surface area contributed by atoms with Gasteiger partial charge in [-0.2, -0.15) is 0 Å². The van der Waals surface area contributed by atoms with Gasteiger partial charge in [0, 0.05) is 66.0 Å². The van der Waals surface area contributed by atoms with Crippen LogP contribution in [0.1, 0.15) is 46.0 Å². The Morgan fingerprint density at radius 3 is 2.33 bits per heavy atom. The summed E-state index contributed by atoms with van der Waals surface area (Å²) < 4.78 is 0. The number of aliphatic imine (C=N–C) groups is 1. The van der Waals surface area contributed by atoms with Crippen LogP contribution >= 0.6 is 0 Å². The molecule has 3 aliphatic rings. The lowest BCUT2D eigenvalue weighted by Gasteiger charge is -2.38. The summed E-state index contributed by atoms with van der Waals surface area (Å²) in [6, 6.07) is 0. The zero-order chi connectivity index (χ0) is 21.3. The average molecular weight is 421 g/mol. The van der Waals surface area contributed by atoms with Crippen molar-refractivity contribution in [3.63, 3.8) is 0 Å². The molecule has 0 radical (unpaired) electrons. The van der Waals surface area contributed by atoms with E-state index in [2.05, 4.69) is 43.8 Å². The highest BCUT2D eigenvalue weighted by molar-refractivity contribution is 5.80. The normalized spacial score (nSPS) is 25.1. The molecule has 1 N–H and O–H groups in total. The van der Waals surface area contributed by atoms with E-state index in [0.717, 1.165) is 70.5 Å². The molecule has 7 nitrogen and oxygen atoms in total. The number of rotatable bonds is 6. The second-order valence-corrected chi connectivity index (χ2v) is 9.79. The molecule has 0 aliphatic carbocycles. The number of likely N-dealkylation sites (tertiary alicyclic amines) is 2. The minimum absolute atomic E-state index is 0.314. The van der Waals surface area contributed by atoms with E-state index in [0.29, 0.717) is 18.4 Å². The number of carbonyl (C=O) groups excluding carboxylic acids is 1. The Kier molecular flexibility index (Phi) is 9.25. The van der Waals surface area contributed by atoms with Crippen LogP contribution in [0.25, 0.3) is 0 Å². The van der Waals surface area contributed by atoms with Gasteiger partial charge in [0.2, 0.25) is 5.91 Å². The van der Waals surface area contributed by atoms with Crippen LogP contribution in [-0.4, -0.2) is 111 Å². The van der Waals surface area contributed by atoms with Gasteiger partial charge in [-0.15, -0.1) is 0 Å². The first-order valence-corrected chi connectivity index (χ1v) is 12.2. The fourth-order valence-electron chi connectivity index (χ4n) is 5.12. The van der Waals surface area contributed by atoms with Gasteiger partial charge in [-0.25, -0.2) is 0 Å². The molecule has 1 unspecified atom stereocenters. The molecule has 3 saturated heterocycles. The first-order valence-electron chi connectivity index (χ1n) is 12.2. The molecule has 0 bridgehead atoms. The highest BCUT2D eigenvalue weighted by atomic mass is 16.2. The van der Waals surface area contributed by atoms with Crippen molar-refractivity contribution in [2.24, 2.45) is 16.8 Å². The fraction of sp³-hybridized carbons (Fsp3) is 0.913. The summed E-state index contributed by atoms with van der Waals surface area (Å²) in [6.07, 6.45) is 6.22. The lowest BCUT2D eigenvalue weighted by molar-refractivity contribution is -0.133.